The van der Waals surface area contributed by atoms with Crippen LogP contribution in [0.1, 0.15) is 26.2 Å². The molecule has 0 aliphatic carbocycles. The summed E-state index contributed by atoms with van der Waals surface area (Å²) in [5.41, 5.74) is 0. The van der Waals surface area contributed by atoms with Gasteiger partial charge in [-0.2, -0.15) is 0 Å². The zero-order valence-corrected chi connectivity index (χ0v) is 14.2. The molecule has 3 aliphatic heterocycles. The first-order valence-electron chi connectivity index (χ1n) is 7.97. The fourth-order valence-corrected chi connectivity index (χ4v) is 3.66. The molecule has 0 spiro atoms. The van der Waals surface area contributed by atoms with Gasteiger partial charge >= 0.3 is 0 Å². The molecule has 7 nitrogen and oxygen atoms in total. The normalized spacial score (nSPS) is 32.7. The van der Waals surface area contributed by atoms with Crippen molar-refractivity contribution in [3.05, 3.63) is 0 Å². The van der Waals surface area contributed by atoms with E-state index < -0.39 is 0 Å². The molecular formula is C15H24ClN3O4. The van der Waals surface area contributed by atoms with Crippen LogP contribution in [0, 0.1) is 11.8 Å². The van der Waals surface area contributed by atoms with E-state index >= 15 is 0 Å². The highest BCUT2D eigenvalue weighted by molar-refractivity contribution is 6.06. The second-order valence-electron chi connectivity index (χ2n) is 6.41. The lowest BCUT2D eigenvalue weighted by Crippen LogP contribution is -2.40. The maximum absolute atomic E-state index is 12.4. The van der Waals surface area contributed by atoms with Gasteiger partial charge in [0.2, 0.25) is 17.7 Å². The lowest BCUT2D eigenvalue weighted by Gasteiger charge is -2.17. The van der Waals surface area contributed by atoms with Crippen molar-refractivity contribution in [2.24, 2.45) is 11.8 Å². The third-order valence-electron chi connectivity index (χ3n) is 5.04. The number of likely N-dealkylation sites (tertiary alicyclic amines) is 1. The predicted molar refractivity (Wildman–Crippen MR) is 85.0 cm³/mol. The van der Waals surface area contributed by atoms with Crippen molar-refractivity contribution in [2.45, 2.75) is 44.4 Å². The summed E-state index contributed by atoms with van der Waals surface area (Å²) in [5.74, 6) is -1.06. The average Bonchev–Trinajstić information content (AvgIpc) is 3.18. The smallest absolute Gasteiger partial charge is 0.235 e. The van der Waals surface area contributed by atoms with Crippen LogP contribution in [0.15, 0.2) is 0 Å². The van der Waals surface area contributed by atoms with E-state index in [1.165, 1.54) is 4.90 Å². The molecule has 0 aromatic rings. The van der Waals surface area contributed by atoms with E-state index in [4.69, 9.17) is 4.74 Å². The number of hydrogen-bond donors (Lipinski definition) is 2. The molecule has 23 heavy (non-hydrogen) atoms. The SMILES string of the molecule is CNC(C)CNC(=O)CCN1C(=O)C2C3CCC(O3)C2C1=O.Cl. The fourth-order valence-electron chi connectivity index (χ4n) is 3.66. The number of ether oxygens (including phenoxy) is 1. The van der Waals surface area contributed by atoms with Crippen molar-refractivity contribution in [2.75, 3.05) is 20.1 Å². The molecule has 3 aliphatic rings. The van der Waals surface area contributed by atoms with Crippen molar-refractivity contribution >= 4 is 30.1 Å². The molecule has 0 aromatic carbocycles. The van der Waals surface area contributed by atoms with Gasteiger partial charge < -0.3 is 15.4 Å². The highest BCUT2D eigenvalue weighted by Gasteiger charge is 2.62. The number of nitrogens with one attached hydrogen (secondary N) is 2. The number of likely N-dealkylation sites (N-methyl/N-ethyl adjacent to an activating group) is 1. The molecule has 8 heteroatoms. The summed E-state index contributed by atoms with van der Waals surface area (Å²) < 4.78 is 5.68. The molecular weight excluding hydrogens is 322 g/mol. The van der Waals surface area contributed by atoms with Crippen LogP contribution in [0.2, 0.25) is 0 Å². The van der Waals surface area contributed by atoms with Crippen LogP contribution >= 0.6 is 12.4 Å². The number of carbonyl (C=O) groups excluding carboxylic acids is 3. The predicted octanol–water partition coefficient (Wildman–Crippen LogP) is -0.315. The largest absolute Gasteiger partial charge is 0.373 e. The highest BCUT2D eigenvalue weighted by atomic mass is 35.5. The monoisotopic (exact) mass is 345 g/mol. The van der Waals surface area contributed by atoms with Crippen molar-refractivity contribution in [1.82, 2.24) is 15.5 Å². The van der Waals surface area contributed by atoms with Crippen molar-refractivity contribution in [3.8, 4) is 0 Å². The molecule has 3 fully saturated rings. The zero-order chi connectivity index (χ0) is 15.9. The van der Waals surface area contributed by atoms with Crippen LogP contribution in [-0.2, 0) is 19.1 Å². The summed E-state index contributed by atoms with van der Waals surface area (Å²) in [6.07, 6.45) is 1.69. The third kappa shape index (κ3) is 3.22. The molecule has 3 amide bonds. The van der Waals surface area contributed by atoms with Crippen LogP contribution in [0.25, 0.3) is 0 Å². The first-order valence-corrected chi connectivity index (χ1v) is 7.97. The quantitative estimate of drug-likeness (QED) is 0.644. The maximum Gasteiger partial charge on any atom is 0.235 e. The van der Waals surface area contributed by atoms with Crippen molar-refractivity contribution < 1.29 is 19.1 Å². The maximum atomic E-state index is 12.4. The molecule has 3 saturated heterocycles. The van der Waals surface area contributed by atoms with Crippen molar-refractivity contribution in [3.63, 3.8) is 0 Å². The Hall–Kier alpha value is -1.18. The highest BCUT2D eigenvalue weighted by Crippen LogP contribution is 2.48. The Bertz CT molecular complexity index is 473. The number of rotatable bonds is 6. The molecule has 2 bridgehead atoms. The Labute approximate surface area is 141 Å². The Kier molecular flexibility index (Phi) is 5.65. The third-order valence-corrected chi connectivity index (χ3v) is 5.04. The van der Waals surface area contributed by atoms with E-state index in [0.29, 0.717) is 6.54 Å². The van der Waals surface area contributed by atoms with Crippen LogP contribution in [0.3, 0.4) is 0 Å². The molecule has 0 radical (unpaired) electrons. The fraction of sp³-hybridized carbons (Fsp3) is 0.800. The molecule has 0 saturated carbocycles. The summed E-state index contributed by atoms with van der Waals surface area (Å²) in [4.78, 5) is 37.9. The van der Waals surface area contributed by atoms with Crippen molar-refractivity contribution in [1.29, 1.82) is 0 Å². The summed E-state index contributed by atoms with van der Waals surface area (Å²) in [5, 5.41) is 5.82. The van der Waals surface area contributed by atoms with Gasteiger partial charge in [-0.25, -0.2) is 0 Å². The van der Waals surface area contributed by atoms with Crippen LogP contribution in [-0.4, -0.2) is 61.0 Å². The van der Waals surface area contributed by atoms with E-state index in [1.807, 2.05) is 14.0 Å². The standard InChI is InChI=1S/C15H23N3O4.ClH/c1-8(16-2)7-17-11(19)5-6-18-14(20)12-9-3-4-10(22-9)13(12)15(18)21;/h8-10,12-13,16H,3-7H2,1-2H3,(H,17,19);1H. The number of imide groups is 1. The number of carbonyl (C=O) groups is 3. The zero-order valence-electron chi connectivity index (χ0n) is 13.4. The molecule has 5 atom stereocenters. The Morgan fingerprint density at radius 1 is 1.26 bits per heavy atom. The van der Waals surface area contributed by atoms with E-state index in [-0.39, 0.29) is 73.2 Å². The van der Waals surface area contributed by atoms with Gasteiger partial charge in [-0.05, 0) is 26.8 Å². The summed E-state index contributed by atoms with van der Waals surface area (Å²) in [6, 6.07) is 0.186. The second-order valence-corrected chi connectivity index (χ2v) is 6.41. The molecule has 3 heterocycles. The summed E-state index contributed by atoms with van der Waals surface area (Å²) in [6.45, 7) is 2.66. The summed E-state index contributed by atoms with van der Waals surface area (Å²) in [7, 11) is 1.83. The number of amides is 3. The van der Waals surface area contributed by atoms with Gasteiger partial charge in [0.05, 0.1) is 24.0 Å². The number of hydrogen-bond acceptors (Lipinski definition) is 5. The van der Waals surface area contributed by atoms with Gasteiger partial charge in [-0.15, -0.1) is 12.4 Å². The van der Waals surface area contributed by atoms with Crippen LogP contribution in [0.4, 0.5) is 0 Å². The second kappa shape index (κ2) is 7.15. The number of fused-ring (bicyclic) bond motifs is 5. The first kappa shape index (κ1) is 18.2. The lowest BCUT2D eigenvalue weighted by molar-refractivity contribution is -0.142. The van der Waals surface area contributed by atoms with Gasteiger partial charge in [0.15, 0.2) is 0 Å². The van der Waals surface area contributed by atoms with E-state index in [1.54, 1.807) is 0 Å². The topological polar surface area (TPSA) is 87.7 Å². The van der Waals surface area contributed by atoms with E-state index in [2.05, 4.69) is 10.6 Å². The minimum atomic E-state index is -0.307. The molecule has 3 rings (SSSR count). The van der Waals surface area contributed by atoms with Gasteiger partial charge in [-0.1, -0.05) is 0 Å². The molecule has 130 valence electrons. The van der Waals surface area contributed by atoms with Gasteiger partial charge in [-0.3, -0.25) is 19.3 Å². The van der Waals surface area contributed by atoms with E-state index in [0.717, 1.165) is 12.8 Å². The number of nitrogens with zero attached hydrogens (tertiary/aromatic N) is 1. The Morgan fingerprint density at radius 3 is 2.35 bits per heavy atom. The first-order chi connectivity index (χ1) is 10.5. The van der Waals surface area contributed by atoms with Gasteiger partial charge in [0.25, 0.3) is 0 Å². The minimum absolute atomic E-state index is 0. The Morgan fingerprint density at radius 2 is 1.83 bits per heavy atom. The minimum Gasteiger partial charge on any atom is -0.373 e. The van der Waals surface area contributed by atoms with Gasteiger partial charge in [0, 0.05) is 25.6 Å². The summed E-state index contributed by atoms with van der Waals surface area (Å²) >= 11 is 0. The van der Waals surface area contributed by atoms with Crippen LogP contribution < -0.4 is 10.6 Å². The lowest BCUT2D eigenvalue weighted by atomic mass is 9.81. The van der Waals surface area contributed by atoms with E-state index in [9.17, 15) is 14.4 Å². The molecule has 5 unspecified atom stereocenters. The van der Waals surface area contributed by atoms with Gasteiger partial charge in [0.1, 0.15) is 0 Å². The Balaban J connectivity index is 0.00000192. The molecule has 2 N–H and O–H groups in total. The van der Waals surface area contributed by atoms with Crippen LogP contribution in [0.5, 0.6) is 0 Å². The number of halogens is 1. The average molecular weight is 346 g/mol. The molecule has 0 aromatic heterocycles.